The molecule has 1 aromatic carbocycles. The van der Waals surface area contributed by atoms with Gasteiger partial charge in [0.05, 0.1) is 5.56 Å². The maximum atomic E-state index is 11.8. The minimum atomic E-state index is -0.690. The van der Waals surface area contributed by atoms with Crippen LogP contribution in [0.1, 0.15) is 20.7 Å². The molecule has 0 radical (unpaired) electrons. The zero-order valence-corrected chi connectivity index (χ0v) is 12.0. The molecule has 1 heterocycles. The number of benzene rings is 1. The summed E-state index contributed by atoms with van der Waals surface area (Å²) in [5, 5.41) is 33.0. The number of hydrogen-bond acceptors (Lipinski definition) is 6. The monoisotopic (exact) mass is 317 g/mol. The number of aromatic nitrogens is 1. The summed E-state index contributed by atoms with van der Waals surface area (Å²) in [5.41, 5.74) is 0.392. The van der Waals surface area contributed by atoms with Crippen LogP contribution in [0, 0.1) is 0 Å². The van der Waals surface area contributed by atoms with Crippen LogP contribution in [0.4, 0.5) is 0 Å². The Hall–Kier alpha value is -3.29. The Balaban J connectivity index is 1.82. The van der Waals surface area contributed by atoms with Crippen LogP contribution in [0.2, 0.25) is 0 Å². The van der Waals surface area contributed by atoms with Crippen molar-refractivity contribution in [3.63, 3.8) is 0 Å². The summed E-state index contributed by atoms with van der Waals surface area (Å²) in [6.07, 6.45) is 2.98. The van der Waals surface area contributed by atoms with E-state index in [-0.39, 0.29) is 24.6 Å². The fourth-order valence-electron chi connectivity index (χ4n) is 1.79. The molecule has 8 nitrogen and oxygen atoms in total. The summed E-state index contributed by atoms with van der Waals surface area (Å²) in [5.74, 6) is -2.76. The molecule has 8 heteroatoms. The highest BCUT2D eigenvalue weighted by atomic mass is 16.3. The van der Waals surface area contributed by atoms with Gasteiger partial charge in [0.1, 0.15) is 0 Å². The van der Waals surface area contributed by atoms with E-state index < -0.39 is 23.2 Å². The van der Waals surface area contributed by atoms with Crippen LogP contribution in [0.5, 0.6) is 17.2 Å². The Kier molecular flexibility index (Phi) is 4.98. The van der Waals surface area contributed by atoms with Gasteiger partial charge in [-0.2, -0.15) is 0 Å². The number of phenols is 3. The average Bonchev–Trinajstić information content (AvgIpc) is 2.56. The van der Waals surface area contributed by atoms with Gasteiger partial charge in [-0.1, -0.05) is 0 Å². The van der Waals surface area contributed by atoms with E-state index in [0.717, 1.165) is 12.1 Å². The lowest BCUT2D eigenvalue weighted by Crippen LogP contribution is -2.34. The van der Waals surface area contributed by atoms with E-state index in [1.54, 1.807) is 18.3 Å². The maximum absolute atomic E-state index is 11.8. The van der Waals surface area contributed by atoms with E-state index in [1.807, 2.05) is 0 Å². The second kappa shape index (κ2) is 7.12. The van der Waals surface area contributed by atoms with Crippen LogP contribution in [-0.2, 0) is 0 Å². The third-order valence-corrected chi connectivity index (χ3v) is 2.95. The van der Waals surface area contributed by atoms with Crippen LogP contribution in [-0.4, -0.2) is 45.2 Å². The number of carbonyl (C=O) groups excluding carboxylic acids is 2. The molecule has 2 aromatic rings. The molecule has 0 aliphatic carbocycles. The Labute approximate surface area is 131 Å². The SMILES string of the molecule is O=C(NCCNC(=O)c1cc(O)c(O)c(O)c1)c1cccnc1. The van der Waals surface area contributed by atoms with E-state index in [1.165, 1.54) is 6.20 Å². The molecule has 2 amide bonds. The van der Waals surface area contributed by atoms with Gasteiger partial charge in [0, 0.05) is 31.0 Å². The van der Waals surface area contributed by atoms with Crippen molar-refractivity contribution < 1.29 is 24.9 Å². The maximum Gasteiger partial charge on any atom is 0.252 e. The summed E-state index contributed by atoms with van der Waals surface area (Å²) in [6.45, 7) is 0.336. The van der Waals surface area contributed by atoms with Crippen LogP contribution < -0.4 is 10.6 Å². The highest BCUT2D eigenvalue weighted by Crippen LogP contribution is 2.35. The number of aromatic hydroxyl groups is 3. The van der Waals surface area contributed by atoms with E-state index >= 15 is 0 Å². The van der Waals surface area contributed by atoms with Crippen molar-refractivity contribution in [2.45, 2.75) is 0 Å². The number of pyridine rings is 1. The summed E-state index contributed by atoms with van der Waals surface area (Å²) >= 11 is 0. The van der Waals surface area contributed by atoms with Gasteiger partial charge in [-0.3, -0.25) is 14.6 Å². The Bertz CT molecular complexity index is 695. The first kappa shape index (κ1) is 16.1. The van der Waals surface area contributed by atoms with E-state index in [2.05, 4.69) is 15.6 Å². The molecule has 0 bridgehead atoms. The molecule has 0 aliphatic rings. The molecule has 2 rings (SSSR count). The van der Waals surface area contributed by atoms with Crippen LogP contribution in [0.3, 0.4) is 0 Å². The van der Waals surface area contributed by atoms with Crippen molar-refractivity contribution >= 4 is 11.8 Å². The number of rotatable bonds is 5. The molecule has 0 atom stereocenters. The van der Waals surface area contributed by atoms with Crippen LogP contribution >= 0.6 is 0 Å². The first-order chi connectivity index (χ1) is 11.0. The van der Waals surface area contributed by atoms with Gasteiger partial charge in [0.25, 0.3) is 11.8 Å². The summed E-state index contributed by atoms with van der Waals surface area (Å²) in [7, 11) is 0. The van der Waals surface area contributed by atoms with Crippen molar-refractivity contribution in [2.75, 3.05) is 13.1 Å². The Morgan fingerprint density at radius 1 is 0.957 bits per heavy atom. The lowest BCUT2D eigenvalue weighted by atomic mass is 10.1. The standard InChI is InChI=1S/C15H15N3O5/c19-11-6-10(7-12(20)13(11)21)15(23)18-5-4-17-14(22)9-2-1-3-16-8-9/h1-3,6-8,19-21H,4-5H2,(H,17,22)(H,18,23). The van der Waals surface area contributed by atoms with Crippen LogP contribution in [0.25, 0.3) is 0 Å². The molecule has 0 unspecified atom stereocenters. The normalized spacial score (nSPS) is 10.1. The molecular formula is C15H15N3O5. The number of amides is 2. The molecule has 23 heavy (non-hydrogen) atoms. The fraction of sp³-hybridized carbons (Fsp3) is 0.133. The van der Waals surface area contributed by atoms with Gasteiger partial charge >= 0.3 is 0 Å². The molecule has 0 aliphatic heterocycles. The number of carbonyl (C=O) groups is 2. The first-order valence-electron chi connectivity index (χ1n) is 6.70. The van der Waals surface area contributed by atoms with Gasteiger partial charge in [-0.15, -0.1) is 0 Å². The molecule has 0 saturated carbocycles. The highest BCUT2D eigenvalue weighted by molar-refractivity contribution is 5.96. The number of hydrogen-bond donors (Lipinski definition) is 5. The molecule has 5 N–H and O–H groups in total. The summed E-state index contributed by atoms with van der Waals surface area (Å²) in [6, 6.07) is 5.31. The van der Waals surface area contributed by atoms with Crippen LogP contribution in [0.15, 0.2) is 36.7 Å². The van der Waals surface area contributed by atoms with Crippen molar-refractivity contribution in [3.05, 3.63) is 47.8 Å². The second-order valence-corrected chi connectivity index (χ2v) is 4.62. The van der Waals surface area contributed by atoms with E-state index in [9.17, 15) is 24.9 Å². The third-order valence-electron chi connectivity index (χ3n) is 2.95. The molecule has 0 saturated heterocycles. The zero-order chi connectivity index (χ0) is 16.8. The van der Waals surface area contributed by atoms with E-state index in [4.69, 9.17) is 0 Å². The summed E-state index contributed by atoms with van der Waals surface area (Å²) < 4.78 is 0. The number of phenolic OH excluding ortho intramolecular Hbond substituents is 3. The predicted molar refractivity (Wildman–Crippen MR) is 80.3 cm³/mol. The molecular weight excluding hydrogens is 302 g/mol. The number of nitrogens with one attached hydrogen (secondary N) is 2. The van der Waals surface area contributed by atoms with Crippen molar-refractivity contribution in [2.24, 2.45) is 0 Å². The third kappa shape index (κ3) is 4.10. The highest BCUT2D eigenvalue weighted by Gasteiger charge is 2.13. The van der Waals surface area contributed by atoms with Gasteiger partial charge in [-0.05, 0) is 24.3 Å². The van der Waals surface area contributed by atoms with E-state index in [0.29, 0.717) is 5.56 Å². The molecule has 1 aromatic heterocycles. The van der Waals surface area contributed by atoms with Gasteiger partial charge in [-0.25, -0.2) is 0 Å². The molecule has 0 fully saturated rings. The fourth-order valence-corrected chi connectivity index (χ4v) is 1.79. The quantitative estimate of drug-likeness (QED) is 0.399. The number of nitrogens with zero attached hydrogens (tertiary/aromatic N) is 1. The predicted octanol–water partition coefficient (Wildman–Crippen LogP) is 0.358. The largest absolute Gasteiger partial charge is 0.504 e. The van der Waals surface area contributed by atoms with Gasteiger partial charge in [0.15, 0.2) is 17.2 Å². The molecule has 120 valence electrons. The lowest BCUT2D eigenvalue weighted by molar-refractivity contribution is 0.0927. The zero-order valence-electron chi connectivity index (χ0n) is 12.0. The minimum Gasteiger partial charge on any atom is -0.504 e. The Morgan fingerprint density at radius 3 is 2.04 bits per heavy atom. The average molecular weight is 317 g/mol. The summed E-state index contributed by atoms with van der Waals surface area (Å²) in [4.78, 5) is 27.4. The second-order valence-electron chi connectivity index (χ2n) is 4.62. The minimum absolute atomic E-state index is 0.0172. The molecule has 0 spiro atoms. The lowest BCUT2D eigenvalue weighted by Gasteiger charge is -2.08. The van der Waals surface area contributed by atoms with Gasteiger partial charge < -0.3 is 26.0 Å². The topological polar surface area (TPSA) is 132 Å². The first-order valence-corrected chi connectivity index (χ1v) is 6.70. The Morgan fingerprint density at radius 2 is 1.52 bits per heavy atom. The smallest absolute Gasteiger partial charge is 0.252 e. The van der Waals surface area contributed by atoms with Crippen molar-refractivity contribution in [3.8, 4) is 17.2 Å². The van der Waals surface area contributed by atoms with Gasteiger partial charge in [0.2, 0.25) is 0 Å². The van der Waals surface area contributed by atoms with Crippen molar-refractivity contribution in [1.29, 1.82) is 0 Å². The van der Waals surface area contributed by atoms with Crippen molar-refractivity contribution in [1.82, 2.24) is 15.6 Å².